The molecule has 3 rings (SSSR count). The molecule has 6 heteroatoms. The number of ether oxygens (including phenoxy) is 1. The Hall–Kier alpha value is -2.47. The molecule has 1 amide bonds. The maximum atomic E-state index is 12.4. The van der Waals surface area contributed by atoms with Gasteiger partial charge in [-0.2, -0.15) is 0 Å². The summed E-state index contributed by atoms with van der Waals surface area (Å²) in [4.78, 5) is 23.2. The highest BCUT2D eigenvalue weighted by Gasteiger charge is 2.23. The first-order valence-corrected chi connectivity index (χ1v) is 8.60. The van der Waals surface area contributed by atoms with Gasteiger partial charge < -0.3 is 15.0 Å². The third kappa shape index (κ3) is 4.33. The third-order valence-electron chi connectivity index (χ3n) is 4.29. The van der Waals surface area contributed by atoms with Crippen molar-refractivity contribution in [3.05, 3.63) is 54.0 Å². The van der Waals surface area contributed by atoms with Crippen LogP contribution in [0.4, 0.5) is 5.82 Å². The molecular formula is C19H24N4O2. The zero-order valence-electron chi connectivity index (χ0n) is 14.8. The van der Waals surface area contributed by atoms with Crippen LogP contribution in [0.25, 0.3) is 0 Å². The lowest BCUT2D eigenvalue weighted by molar-refractivity contribution is -0.00546. The Morgan fingerprint density at radius 3 is 2.60 bits per heavy atom. The van der Waals surface area contributed by atoms with Gasteiger partial charge in [-0.25, -0.2) is 4.98 Å². The first kappa shape index (κ1) is 17.4. The number of amides is 1. The van der Waals surface area contributed by atoms with Crippen molar-refractivity contribution < 1.29 is 9.53 Å². The van der Waals surface area contributed by atoms with Gasteiger partial charge in [0.25, 0.3) is 5.91 Å². The zero-order chi connectivity index (χ0) is 17.8. The lowest BCUT2D eigenvalue weighted by atomic mass is 10.1. The fourth-order valence-corrected chi connectivity index (χ4v) is 3.07. The molecule has 1 fully saturated rings. The normalized spacial score (nSPS) is 21.6. The van der Waals surface area contributed by atoms with Crippen LogP contribution in [0, 0.1) is 0 Å². The fraction of sp³-hybridized carbons (Fsp3) is 0.421. The van der Waals surface area contributed by atoms with E-state index in [1.807, 2.05) is 31.2 Å². The van der Waals surface area contributed by atoms with Gasteiger partial charge >= 0.3 is 0 Å². The maximum absolute atomic E-state index is 12.4. The van der Waals surface area contributed by atoms with Crippen LogP contribution in [-0.4, -0.2) is 41.2 Å². The highest BCUT2D eigenvalue weighted by Crippen LogP contribution is 2.19. The topological polar surface area (TPSA) is 67.4 Å². The lowest BCUT2D eigenvalue weighted by Crippen LogP contribution is -2.45. The minimum absolute atomic E-state index is 0.109. The number of carbonyl (C=O) groups excluding carboxylic acids is 1. The van der Waals surface area contributed by atoms with Crippen LogP contribution in [-0.2, 0) is 4.74 Å². The van der Waals surface area contributed by atoms with Crippen LogP contribution >= 0.6 is 0 Å². The molecule has 0 radical (unpaired) electrons. The number of morpholine rings is 1. The zero-order valence-corrected chi connectivity index (χ0v) is 14.8. The van der Waals surface area contributed by atoms with E-state index in [-0.39, 0.29) is 24.2 Å². The molecule has 1 N–H and O–H groups in total. The van der Waals surface area contributed by atoms with Crippen molar-refractivity contribution in [1.29, 1.82) is 0 Å². The molecule has 2 aromatic rings. The maximum Gasteiger partial charge on any atom is 0.253 e. The van der Waals surface area contributed by atoms with Gasteiger partial charge in [0.05, 0.1) is 23.8 Å². The highest BCUT2D eigenvalue weighted by atomic mass is 16.5. The van der Waals surface area contributed by atoms with E-state index in [1.54, 1.807) is 18.6 Å². The molecule has 0 bridgehead atoms. The Kier molecular flexibility index (Phi) is 5.28. The Balaban J connectivity index is 1.64. The number of pyridine rings is 2. The van der Waals surface area contributed by atoms with Gasteiger partial charge in [-0.05, 0) is 44.5 Å². The Morgan fingerprint density at radius 1 is 1.24 bits per heavy atom. The molecule has 3 atom stereocenters. The summed E-state index contributed by atoms with van der Waals surface area (Å²) in [5.74, 6) is 0.734. The number of anilines is 1. The minimum Gasteiger partial charge on any atom is -0.372 e. The summed E-state index contributed by atoms with van der Waals surface area (Å²) >= 11 is 0. The van der Waals surface area contributed by atoms with Crippen molar-refractivity contribution in [3.63, 3.8) is 0 Å². The van der Waals surface area contributed by atoms with Gasteiger partial charge in [0.1, 0.15) is 5.82 Å². The Labute approximate surface area is 148 Å². The van der Waals surface area contributed by atoms with E-state index in [9.17, 15) is 4.79 Å². The number of hydrogen-bond donors (Lipinski definition) is 1. The average Bonchev–Trinajstić information content (AvgIpc) is 2.61. The second-order valence-corrected chi connectivity index (χ2v) is 6.55. The number of carbonyl (C=O) groups is 1. The van der Waals surface area contributed by atoms with Crippen LogP contribution in [0.15, 0.2) is 42.9 Å². The number of rotatable bonds is 4. The predicted molar refractivity (Wildman–Crippen MR) is 96.6 cm³/mol. The van der Waals surface area contributed by atoms with Gasteiger partial charge in [0, 0.05) is 31.7 Å². The van der Waals surface area contributed by atoms with E-state index in [0.29, 0.717) is 5.56 Å². The second kappa shape index (κ2) is 7.61. The fourth-order valence-electron chi connectivity index (χ4n) is 3.07. The van der Waals surface area contributed by atoms with Gasteiger partial charge in [-0.3, -0.25) is 9.78 Å². The van der Waals surface area contributed by atoms with Gasteiger partial charge in [0.2, 0.25) is 0 Å². The van der Waals surface area contributed by atoms with Crippen LogP contribution in [0.3, 0.4) is 0 Å². The van der Waals surface area contributed by atoms with E-state index in [1.165, 1.54) is 0 Å². The molecule has 1 saturated heterocycles. The van der Waals surface area contributed by atoms with E-state index < -0.39 is 0 Å². The van der Waals surface area contributed by atoms with Crippen molar-refractivity contribution in [2.75, 3.05) is 18.0 Å². The van der Waals surface area contributed by atoms with Gasteiger partial charge in [-0.15, -0.1) is 0 Å². The highest BCUT2D eigenvalue weighted by molar-refractivity contribution is 5.94. The molecule has 0 spiro atoms. The van der Waals surface area contributed by atoms with Crippen LogP contribution in [0.1, 0.15) is 42.7 Å². The Morgan fingerprint density at radius 2 is 2.00 bits per heavy atom. The minimum atomic E-state index is -0.140. The van der Waals surface area contributed by atoms with Crippen LogP contribution < -0.4 is 10.2 Å². The smallest absolute Gasteiger partial charge is 0.253 e. The standard InChI is InChI=1S/C19H24N4O2/c1-13-11-23(12-14(2)25-13)18-7-6-17(10-21-18)19(24)22-15(3)16-5-4-8-20-9-16/h4-10,13-15H,11-12H2,1-3H3,(H,22,24)/t13-,14-,15-/m1/s1. The summed E-state index contributed by atoms with van der Waals surface area (Å²) in [7, 11) is 0. The molecular weight excluding hydrogens is 316 g/mol. The summed E-state index contributed by atoms with van der Waals surface area (Å²) in [6.07, 6.45) is 5.45. The van der Waals surface area contributed by atoms with E-state index in [0.717, 1.165) is 24.5 Å². The van der Waals surface area contributed by atoms with Crippen LogP contribution in [0.2, 0.25) is 0 Å². The molecule has 0 unspecified atom stereocenters. The summed E-state index contributed by atoms with van der Waals surface area (Å²) in [5, 5.41) is 2.97. The average molecular weight is 340 g/mol. The Bertz CT molecular complexity index is 695. The first-order chi connectivity index (χ1) is 12.0. The molecule has 132 valence electrons. The van der Waals surface area contributed by atoms with Crippen LogP contribution in [0.5, 0.6) is 0 Å². The van der Waals surface area contributed by atoms with Crippen molar-refractivity contribution in [2.24, 2.45) is 0 Å². The third-order valence-corrected chi connectivity index (χ3v) is 4.29. The molecule has 0 aromatic carbocycles. The monoisotopic (exact) mass is 340 g/mol. The number of nitrogens with one attached hydrogen (secondary N) is 1. The lowest BCUT2D eigenvalue weighted by Gasteiger charge is -2.36. The molecule has 25 heavy (non-hydrogen) atoms. The number of hydrogen-bond acceptors (Lipinski definition) is 5. The summed E-state index contributed by atoms with van der Waals surface area (Å²) in [6.45, 7) is 7.67. The van der Waals surface area contributed by atoms with E-state index in [4.69, 9.17) is 4.74 Å². The SMILES string of the molecule is C[C@@H]1CN(c2ccc(C(=O)N[C@H](C)c3cccnc3)cn2)C[C@@H](C)O1. The molecule has 0 aliphatic carbocycles. The summed E-state index contributed by atoms with van der Waals surface area (Å²) in [5.41, 5.74) is 1.52. The van der Waals surface area contributed by atoms with E-state index >= 15 is 0 Å². The number of nitrogens with zero attached hydrogens (tertiary/aromatic N) is 3. The quantitative estimate of drug-likeness (QED) is 0.926. The molecule has 1 aliphatic heterocycles. The molecule has 3 heterocycles. The number of aromatic nitrogens is 2. The molecule has 2 aromatic heterocycles. The molecule has 6 nitrogen and oxygen atoms in total. The molecule has 1 aliphatic rings. The van der Waals surface area contributed by atoms with Crippen molar-refractivity contribution in [2.45, 2.75) is 39.0 Å². The van der Waals surface area contributed by atoms with Crippen molar-refractivity contribution in [3.8, 4) is 0 Å². The van der Waals surface area contributed by atoms with E-state index in [2.05, 4.69) is 34.0 Å². The summed E-state index contributed by atoms with van der Waals surface area (Å²) in [6, 6.07) is 7.41. The largest absolute Gasteiger partial charge is 0.372 e. The summed E-state index contributed by atoms with van der Waals surface area (Å²) < 4.78 is 5.75. The first-order valence-electron chi connectivity index (χ1n) is 8.60. The second-order valence-electron chi connectivity index (χ2n) is 6.55. The predicted octanol–water partition coefficient (Wildman–Crippen LogP) is 2.58. The van der Waals surface area contributed by atoms with Crippen molar-refractivity contribution in [1.82, 2.24) is 15.3 Å². The van der Waals surface area contributed by atoms with Gasteiger partial charge in [0.15, 0.2) is 0 Å². The van der Waals surface area contributed by atoms with Gasteiger partial charge in [-0.1, -0.05) is 6.07 Å². The van der Waals surface area contributed by atoms with Crippen molar-refractivity contribution >= 4 is 11.7 Å². The molecule has 0 saturated carbocycles.